The summed E-state index contributed by atoms with van der Waals surface area (Å²) in [4.78, 5) is 0. The predicted molar refractivity (Wildman–Crippen MR) is 165 cm³/mol. The van der Waals surface area contributed by atoms with Crippen LogP contribution in [-0.2, 0) is 44.0 Å². The van der Waals surface area contributed by atoms with Gasteiger partial charge in [0.15, 0.2) is 23.7 Å². The monoisotopic (exact) mass is 712 g/mol. The maximum atomic E-state index is 15.2. The molecule has 0 spiro atoms. The van der Waals surface area contributed by atoms with Gasteiger partial charge in [-0.05, 0) is 66.3 Å². The van der Waals surface area contributed by atoms with Gasteiger partial charge in [0.25, 0.3) is 0 Å². The normalized spacial score (nSPS) is 16.9. The third kappa shape index (κ3) is 9.05. The summed E-state index contributed by atoms with van der Waals surface area (Å²) in [6.45, 7) is 0.735. The van der Waals surface area contributed by atoms with Gasteiger partial charge in [0.2, 0.25) is 0 Å². The molecule has 1 heterocycles. The fourth-order valence-corrected chi connectivity index (χ4v) is 5.43. The molecule has 5 rings (SSSR count). The fraction of sp³-hybridized carbons (Fsp3) is 0.351. The minimum atomic E-state index is -4.16. The number of hydrogen-bond donors (Lipinski definition) is 0. The minimum Gasteiger partial charge on any atom is -0.346 e. The van der Waals surface area contributed by atoms with Crippen molar-refractivity contribution in [2.24, 2.45) is 0 Å². The van der Waals surface area contributed by atoms with Crippen molar-refractivity contribution >= 4 is 0 Å². The Labute approximate surface area is 282 Å². The van der Waals surface area contributed by atoms with Crippen LogP contribution in [0, 0.1) is 29.1 Å². The first kappa shape index (κ1) is 37.3. The summed E-state index contributed by atoms with van der Waals surface area (Å²) in [5, 5.41) is 0. The number of rotatable bonds is 14. The third-order valence-corrected chi connectivity index (χ3v) is 8.12. The Bertz CT molecular complexity index is 1730. The van der Waals surface area contributed by atoms with E-state index in [1.165, 1.54) is 24.3 Å². The molecule has 0 radical (unpaired) electrons. The van der Waals surface area contributed by atoms with Crippen LogP contribution in [0.5, 0.6) is 0 Å². The van der Waals surface area contributed by atoms with Crippen LogP contribution in [0.4, 0.5) is 39.5 Å². The number of unbranched alkanes of at least 4 members (excludes halogenated alkanes) is 2. The summed E-state index contributed by atoms with van der Waals surface area (Å²) in [6, 6.07) is 13.3. The van der Waals surface area contributed by atoms with Crippen molar-refractivity contribution in [2.75, 3.05) is 19.8 Å². The largest absolute Gasteiger partial charge is 0.386 e. The lowest BCUT2D eigenvalue weighted by Gasteiger charge is -2.32. The van der Waals surface area contributed by atoms with Crippen molar-refractivity contribution in [3.05, 3.63) is 130 Å². The van der Waals surface area contributed by atoms with Crippen LogP contribution in [-0.4, -0.2) is 25.9 Å². The Balaban J connectivity index is 1.16. The quantitative estimate of drug-likeness (QED) is 0.0741. The molecular weight excluding hydrogens is 679 g/mol. The van der Waals surface area contributed by atoms with E-state index in [4.69, 9.17) is 14.2 Å². The van der Waals surface area contributed by atoms with Gasteiger partial charge in [-0.25, -0.2) is 22.0 Å². The zero-order valence-electron chi connectivity index (χ0n) is 26.8. The molecule has 0 bridgehead atoms. The van der Waals surface area contributed by atoms with Gasteiger partial charge < -0.3 is 18.9 Å². The lowest BCUT2D eigenvalue weighted by Crippen LogP contribution is -2.38. The van der Waals surface area contributed by atoms with Crippen LogP contribution in [0.1, 0.15) is 60.3 Å². The highest BCUT2D eigenvalue weighted by Crippen LogP contribution is 2.37. The van der Waals surface area contributed by atoms with Gasteiger partial charge in [-0.3, -0.25) is 0 Å². The summed E-state index contributed by atoms with van der Waals surface area (Å²) >= 11 is 0. The van der Waals surface area contributed by atoms with Gasteiger partial charge in [-0.2, -0.15) is 17.6 Å². The fourth-order valence-electron chi connectivity index (χ4n) is 5.43. The first-order valence-corrected chi connectivity index (χ1v) is 15.9. The van der Waals surface area contributed by atoms with Gasteiger partial charge >= 0.3 is 12.2 Å². The Morgan fingerprint density at radius 1 is 0.680 bits per heavy atom. The summed E-state index contributed by atoms with van der Waals surface area (Å²) in [5.41, 5.74) is -0.715. The van der Waals surface area contributed by atoms with Crippen LogP contribution >= 0.6 is 0 Å². The molecule has 13 heteroatoms. The smallest absolute Gasteiger partial charge is 0.346 e. The maximum absolute atomic E-state index is 15.2. The van der Waals surface area contributed by atoms with E-state index in [2.05, 4.69) is 11.7 Å². The van der Waals surface area contributed by atoms with Gasteiger partial charge in [0.05, 0.1) is 30.9 Å². The first-order chi connectivity index (χ1) is 23.8. The second kappa shape index (κ2) is 16.0. The maximum Gasteiger partial charge on any atom is 0.386 e. The number of alkyl halides is 4. The number of halogens is 9. The molecule has 1 aliphatic rings. The lowest BCUT2D eigenvalue weighted by atomic mass is 10.0. The number of aryl methyl sites for hydroxylation is 1. The molecule has 1 fully saturated rings. The number of hydrogen-bond acceptors (Lipinski definition) is 4. The van der Waals surface area contributed by atoms with E-state index >= 15 is 4.39 Å². The minimum absolute atomic E-state index is 0.0847. The average Bonchev–Trinajstić information content (AvgIpc) is 3.07. The van der Waals surface area contributed by atoms with Gasteiger partial charge in [-0.1, -0.05) is 62.2 Å². The van der Waals surface area contributed by atoms with Crippen LogP contribution in [0.2, 0.25) is 0 Å². The second-order valence-corrected chi connectivity index (χ2v) is 11.8. The van der Waals surface area contributed by atoms with E-state index < -0.39 is 72.3 Å². The molecule has 50 heavy (non-hydrogen) atoms. The topological polar surface area (TPSA) is 36.9 Å². The van der Waals surface area contributed by atoms with E-state index in [-0.39, 0.29) is 41.0 Å². The molecule has 0 aliphatic carbocycles. The molecule has 0 N–H and O–H groups in total. The summed E-state index contributed by atoms with van der Waals surface area (Å²) in [5.74, 6) is -6.98. The van der Waals surface area contributed by atoms with Crippen molar-refractivity contribution in [3.8, 4) is 11.1 Å². The number of benzene rings is 4. The van der Waals surface area contributed by atoms with Gasteiger partial charge in [0, 0.05) is 11.1 Å². The average molecular weight is 713 g/mol. The van der Waals surface area contributed by atoms with Crippen LogP contribution in [0.25, 0.3) is 11.1 Å². The Morgan fingerprint density at radius 3 is 1.98 bits per heavy atom. The zero-order valence-corrected chi connectivity index (χ0v) is 26.8. The van der Waals surface area contributed by atoms with Crippen LogP contribution < -0.4 is 0 Å². The van der Waals surface area contributed by atoms with Crippen LogP contribution in [0.3, 0.4) is 0 Å². The molecule has 1 saturated heterocycles. The molecule has 0 amide bonds. The molecule has 0 aromatic heterocycles. The van der Waals surface area contributed by atoms with Crippen molar-refractivity contribution < 1.29 is 58.5 Å². The van der Waals surface area contributed by atoms with E-state index in [1.54, 1.807) is 12.1 Å². The Morgan fingerprint density at radius 2 is 1.36 bits per heavy atom. The lowest BCUT2D eigenvalue weighted by molar-refractivity contribution is -0.320. The Kier molecular flexibility index (Phi) is 11.9. The van der Waals surface area contributed by atoms with Crippen molar-refractivity contribution in [2.45, 2.75) is 63.6 Å². The van der Waals surface area contributed by atoms with Crippen molar-refractivity contribution in [1.82, 2.24) is 0 Å². The second-order valence-electron chi connectivity index (χ2n) is 11.8. The van der Waals surface area contributed by atoms with E-state index in [1.807, 2.05) is 0 Å². The standard InChI is InChI=1S/C37H33F9O4/c1-2-3-4-5-22-6-10-26(11-7-22)36(43,44)50-27-20-47-35(48-21-27)25-8-12-28(30(38)19-25)24-9-13-29(31(39)18-24)37(45,46)49-15-14-23-16-32(40)34(42)33(41)17-23/h6-13,16-19,27,35H,2-5,14-15,20-21H2,1H3. The molecule has 4 nitrogen and oxygen atoms in total. The first-order valence-electron chi connectivity index (χ1n) is 15.9. The van der Waals surface area contributed by atoms with Crippen molar-refractivity contribution in [1.29, 1.82) is 0 Å². The van der Waals surface area contributed by atoms with Gasteiger partial charge in [-0.15, -0.1) is 0 Å². The highest BCUT2D eigenvalue weighted by Gasteiger charge is 2.39. The molecular formula is C37H33F9O4. The van der Waals surface area contributed by atoms with Crippen LogP contribution in [0.15, 0.2) is 72.8 Å². The summed E-state index contributed by atoms with van der Waals surface area (Å²) < 4.78 is 149. The molecule has 4 aromatic carbocycles. The van der Waals surface area contributed by atoms with Gasteiger partial charge in [0.1, 0.15) is 17.7 Å². The SMILES string of the molecule is CCCCCc1ccc(C(F)(F)OC2COC(c3ccc(-c4ccc(C(F)(F)OCCc5cc(F)c(F)c(F)c5)c(F)c4)c(F)c3)OC2)cc1. The Hall–Kier alpha value is -3.91. The third-order valence-electron chi connectivity index (χ3n) is 8.12. The van der Waals surface area contributed by atoms with E-state index in [0.717, 1.165) is 43.4 Å². The molecule has 0 saturated carbocycles. The summed E-state index contributed by atoms with van der Waals surface area (Å²) in [6.07, 6.45) is -6.56. The van der Waals surface area contributed by atoms with E-state index in [9.17, 15) is 35.1 Å². The highest BCUT2D eigenvalue weighted by molar-refractivity contribution is 5.65. The summed E-state index contributed by atoms with van der Waals surface area (Å²) in [7, 11) is 0. The highest BCUT2D eigenvalue weighted by atomic mass is 19.3. The zero-order chi connectivity index (χ0) is 36.1. The molecule has 0 atom stereocenters. The number of ether oxygens (including phenoxy) is 4. The molecule has 0 unspecified atom stereocenters. The molecule has 268 valence electrons. The molecule has 4 aromatic rings. The predicted octanol–water partition coefficient (Wildman–Crippen LogP) is 10.3. The molecule has 1 aliphatic heterocycles. The van der Waals surface area contributed by atoms with Crippen molar-refractivity contribution in [3.63, 3.8) is 0 Å². The van der Waals surface area contributed by atoms with E-state index in [0.29, 0.717) is 24.3 Å².